The van der Waals surface area contributed by atoms with Gasteiger partial charge in [0.25, 0.3) is 0 Å². The molecule has 0 saturated carbocycles. The van der Waals surface area contributed by atoms with Crippen LogP contribution in [0.2, 0.25) is 0 Å². The van der Waals surface area contributed by atoms with E-state index in [0.29, 0.717) is 45.0 Å². The lowest BCUT2D eigenvalue weighted by atomic mass is 9.91. The Kier molecular flexibility index (Phi) is 8.97. The first kappa shape index (κ1) is 29.4. The van der Waals surface area contributed by atoms with Gasteiger partial charge in [-0.05, 0) is 67.2 Å². The minimum absolute atomic E-state index is 0.0510. The Labute approximate surface area is 248 Å². The van der Waals surface area contributed by atoms with Crippen molar-refractivity contribution in [2.45, 2.75) is 52.5 Å². The Hall–Kier alpha value is -4.10. The van der Waals surface area contributed by atoms with Gasteiger partial charge in [-0.3, -0.25) is 5.01 Å². The zero-order valence-corrected chi connectivity index (χ0v) is 25.2. The molecule has 0 bridgehead atoms. The molecule has 7 nitrogen and oxygen atoms in total. The van der Waals surface area contributed by atoms with Gasteiger partial charge in [0.2, 0.25) is 0 Å². The van der Waals surface area contributed by atoms with Gasteiger partial charge in [-0.2, -0.15) is 5.10 Å². The highest BCUT2D eigenvalue weighted by Crippen LogP contribution is 2.39. The number of rotatable bonds is 6. The maximum Gasteiger partial charge on any atom is 0.352 e. The molecule has 42 heavy (non-hydrogen) atoms. The van der Waals surface area contributed by atoms with Gasteiger partial charge < -0.3 is 19.1 Å². The molecule has 0 amide bonds. The molecule has 4 aromatic rings. The Bertz CT molecular complexity index is 1650. The highest BCUT2D eigenvalue weighted by molar-refractivity contribution is 6.25. The largest absolute Gasteiger partial charge is 0.493 e. The number of benzene rings is 3. The molecule has 0 fully saturated rings. The maximum atomic E-state index is 13.0. The third-order valence-corrected chi connectivity index (χ3v) is 8.26. The normalized spacial score (nSPS) is 17.1. The lowest BCUT2D eigenvalue weighted by molar-refractivity contribution is 0.0683. The van der Waals surface area contributed by atoms with Crippen LogP contribution in [0.25, 0.3) is 27.2 Å². The van der Waals surface area contributed by atoms with Gasteiger partial charge in [-0.15, -0.1) is 0 Å². The molecule has 2 heterocycles. The summed E-state index contributed by atoms with van der Waals surface area (Å²) in [5.74, 6) is -0.126. The van der Waals surface area contributed by atoms with E-state index < -0.39 is 5.97 Å². The second-order valence-corrected chi connectivity index (χ2v) is 11.3. The summed E-state index contributed by atoms with van der Waals surface area (Å²) in [6.07, 6.45) is 2.33. The third kappa shape index (κ3) is 5.93. The quantitative estimate of drug-likeness (QED) is 0.261. The number of ether oxygens (including phenoxy) is 2. The average Bonchev–Trinajstić information content (AvgIpc) is 3.30. The van der Waals surface area contributed by atoms with E-state index in [1.54, 1.807) is 0 Å². The second-order valence-electron chi connectivity index (χ2n) is 11.3. The number of carbonyl (C=O) groups is 1. The maximum absolute atomic E-state index is 13.0. The number of carboxylic acid groups (broad SMARTS) is 1. The lowest BCUT2D eigenvalue weighted by Crippen LogP contribution is -2.20. The van der Waals surface area contributed by atoms with E-state index >= 15 is 0 Å². The fourth-order valence-electron chi connectivity index (χ4n) is 6.04. The molecular weight excluding hydrogens is 526 g/mol. The number of fused-ring (bicyclic) bond motifs is 1. The zero-order chi connectivity index (χ0) is 29.8. The van der Waals surface area contributed by atoms with Crippen LogP contribution in [0.15, 0.2) is 66.3 Å². The van der Waals surface area contributed by atoms with Crippen molar-refractivity contribution in [1.82, 2.24) is 9.58 Å². The van der Waals surface area contributed by atoms with Gasteiger partial charge in [0.15, 0.2) is 0 Å². The van der Waals surface area contributed by atoms with Crippen LogP contribution < -0.4 is 4.74 Å². The van der Waals surface area contributed by atoms with Crippen molar-refractivity contribution in [2.24, 2.45) is 5.10 Å². The van der Waals surface area contributed by atoms with Crippen molar-refractivity contribution in [3.63, 3.8) is 0 Å². The molecular formula is C35H41N3O4. The van der Waals surface area contributed by atoms with Crippen molar-refractivity contribution in [3.05, 3.63) is 83.6 Å². The van der Waals surface area contributed by atoms with Crippen LogP contribution >= 0.6 is 0 Å². The number of aromatic carboxylic acids is 1. The van der Waals surface area contributed by atoms with Crippen LogP contribution in [0.1, 0.15) is 66.2 Å². The minimum Gasteiger partial charge on any atom is -0.493 e. The first-order valence-corrected chi connectivity index (χ1v) is 14.8. The summed E-state index contributed by atoms with van der Waals surface area (Å²) in [6, 6.07) is 18.4. The molecule has 1 aliphatic heterocycles. The lowest BCUT2D eigenvalue weighted by Gasteiger charge is -2.19. The van der Waals surface area contributed by atoms with E-state index in [9.17, 15) is 9.90 Å². The molecule has 0 aliphatic carbocycles. The van der Waals surface area contributed by atoms with Crippen molar-refractivity contribution >= 4 is 38.9 Å². The van der Waals surface area contributed by atoms with E-state index in [1.165, 1.54) is 0 Å². The molecule has 5 rings (SSSR count). The number of carboxylic acids is 1. The monoisotopic (exact) mass is 567 g/mol. The molecule has 1 aliphatic rings. The highest BCUT2D eigenvalue weighted by Gasteiger charge is 2.29. The van der Waals surface area contributed by atoms with Crippen LogP contribution in [0.5, 0.6) is 5.75 Å². The SMILES string of the molecule is C=C1/C(C)=N\N(C)CCOCCCCn2c(C(=O)O)c(C(C)CCOc3cccc4ccccc34)c3ccc(C)c1c32. The van der Waals surface area contributed by atoms with Crippen molar-refractivity contribution in [2.75, 3.05) is 33.4 Å². The summed E-state index contributed by atoms with van der Waals surface area (Å²) in [7, 11) is 1.94. The van der Waals surface area contributed by atoms with Gasteiger partial charge >= 0.3 is 5.97 Å². The van der Waals surface area contributed by atoms with Gasteiger partial charge in [-0.1, -0.05) is 62.0 Å². The Balaban J connectivity index is 1.56. The summed E-state index contributed by atoms with van der Waals surface area (Å²) in [4.78, 5) is 13.0. The summed E-state index contributed by atoms with van der Waals surface area (Å²) in [5.41, 5.74) is 5.73. The standard InChI is InChI=1S/C35H41N3O4/c1-23-15-16-29-32(24(2)17-21-42-30-14-10-12-27-11-6-7-13-28(27)30)34(35(39)40)38-18-8-9-20-41-22-19-37(5)36-26(4)25(3)31(23)33(29)38/h6-7,10-16,24H,3,8-9,17-22H2,1-2,4-5H3,(H,39,40)/b36-26-. The Morgan fingerprint density at radius 1 is 1.05 bits per heavy atom. The summed E-state index contributed by atoms with van der Waals surface area (Å²) in [5, 5.41) is 20.4. The molecule has 1 N–H and O–H groups in total. The molecule has 1 atom stereocenters. The zero-order valence-electron chi connectivity index (χ0n) is 25.2. The number of hydrogen-bond acceptors (Lipinski definition) is 5. The van der Waals surface area contributed by atoms with E-state index in [2.05, 4.69) is 50.8 Å². The molecule has 0 saturated heterocycles. The van der Waals surface area contributed by atoms with Crippen molar-refractivity contribution < 1.29 is 19.4 Å². The minimum atomic E-state index is -0.917. The Morgan fingerprint density at radius 2 is 1.83 bits per heavy atom. The molecule has 3 aromatic carbocycles. The number of hydrazone groups is 1. The summed E-state index contributed by atoms with van der Waals surface area (Å²) < 4.78 is 14.1. The summed E-state index contributed by atoms with van der Waals surface area (Å²) >= 11 is 0. The number of allylic oxidation sites excluding steroid dienone is 1. The third-order valence-electron chi connectivity index (χ3n) is 8.26. The van der Waals surface area contributed by atoms with Gasteiger partial charge in [-0.25, -0.2) is 4.79 Å². The first-order valence-electron chi connectivity index (χ1n) is 14.8. The van der Waals surface area contributed by atoms with E-state index in [0.717, 1.165) is 68.2 Å². The van der Waals surface area contributed by atoms with Gasteiger partial charge in [0, 0.05) is 36.5 Å². The van der Waals surface area contributed by atoms with Gasteiger partial charge in [0.05, 0.1) is 31.0 Å². The molecule has 220 valence electrons. The number of aromatic nitrogens is 1. The van der Waals surface area contributed by atoms with E-state index in [1.807, 2.05) is 47.8 Å². The molecule has 0 spiro atoms. The predicted molar refractivity (Wildman–Crippen MR) is 171 cm³/mol. The number of aryl methyl sites for hydroxylation is 2. The van der Waals surface area contributed by atoms with Crippen LogP contribution in [-0.4, -0.2) is 59.8 Å². The first-order chi connectivity index (χ1) is 20.3. The average molecular weight is 568 g/mol. The van der Waals surface area contributed by atoms with Crippen LogP contribution in [0.4, 0.5) is 0 Å². The molecule has 1 unspecified atom stereocenters. The van der Waals surface area contributed by atoms with Crippen molar-refractivity contribution in [1.29, 1.82) is 0 Å². The topological polar surface area (TPSA) is 76.3 Å². The van der Waals surface area contributed by atoms with E-state index in [-0.39, 0.29) is 5.92 Å². The molecule has 0 radical (unpaired) electrons. The fourth-order valence-corrected chi connectivity index (χ4v) is 6.04. The van der Waals surface area contributed by atoms with Crippen LogP contribution in [0, 0.1) is 6.92 Å². The number of nitrogens with zero attached hydrogens (tertiary/aromatic N) is 3. The predicted octanol–water partition coefficient (Wildman–Crippen LogP) is 7.51. The van der Waals surface area contributed by atoms with Crippen molar-refractivity contribution in [3.8, 4) is 5.75 Å². The Morgan fingerprint density at radius 3 is 2.64 bits per heavy atom. The molecule has 1 aromatic heterocycles. The number of likely N-dealkylation sites (N-methyl/N-ethyl adjacent to an activating group) is 1. The van der Waals surface area contributed by atoms with Crippen LogP contribution in [-0.2, 0) is 11.3 Å². The van der Waals surface area contributed by atoms with Gasteiger partial charge in [0.1, 0.15) is 11.4 Å². The molecule has 7 heteroatoms. The number of hydrogen-bond donors (Lipinski definition) is 1. The fraction of sp³-hybridized carbons (Fsp3) is 0.371. The smallest absolute Gasteiger partial charge is 0.352 e. The summed E-state index contributed by atoms with van der Waals surface area (Å²) in [6.45, 7) is 13.5. The second kappa shape index (κ2) is 12.8. The van der Waals surface area contributed by atoms with Crippen LogP contribution in [0.3, 0.4) is 0 Å². The highest BCUT2D eigenvalue weighted by atomic mass is 16.5. The van der Waals surface area contributed by atoms with E-state index in [4.69, 9.17) is 14.6 Å².